The minimum absolute atomic E-state index is 0.0105. The molecule has 0 amide bonds. The van der Waals surface area contributed by atoms with Gasteiger partial charge in [-0.15, -0.1) is 0 Å². The molecule has 2 fully saturated rings. The number of hydrogen-bond acceptors (Lipinski definition) is 2. The van der Waals surface area contributed by atoms with Crippen LogP contribution in [0, 0.1) is 11.6 Å². The zero-order valence-corrected chi connectivity index (χ0v) is 12.7. The molecule has 0 spiro atoms. The number of piperazine rings is 1. The molecule has 1 heterocycles. The summed E-state index contributed by atoms with van der Waals surface area (Å²) < 4.78 is 26.9. The van der Waals surface area contributed by atoms with Crippen LogP contribution < -0.4 is 0 Å². The maximum Gasteiger partial charge on any atom is 0.130 e. The van der Waals surface area contributed by atoms with Crippen LogP contribution in [0.3, 0.4) is 0 Å². The number of rotatable bonds is 3. The van der Waals surface area contributed by atoms with Gasteiger partial charge in [0, 0.05) is 49.9 Å². The highest BCUT2D eigenvalue weighted by Crippen LogP contribution is 2.28. The van der Waals surface area contributed by atoms with Crippen LogP contribution in [0.2, 0.25) is 0 Å². The number of benzene rings is 1. The summed E-state index contributed by atoms with van der Waals surface area (Å²) in [6.07, 6.45) is 5.40. The van der Waals surface area contributed by atoms with Gasteiger partial charge in [0.05, 0.1) is 0 Å². The average Bonchev–Trinajstić information content (AvgIpc) is 3.01. The molecule has 1 atom stereocenters. The molecule has 1 aromatic rings. The molecule has 0 bridgehead atoms. The summed E-state index contributed by atoms with van der Waals surface area (Å²) in [7, 11) is 0. The third-order valence-corrected chi connectivity index (χ3v) is 5.15. The Morgan fingerprint density at radius 2 is 1.71 bits per heavy atom. The topological polar surface area (TPSA) is 6.48 Å². The van der Waals surface area contributed by atoms with Crippen LogP contribution in [-0.2, 0) is 0 Å². The molecule has 1 aliphatic carbocycles. The van der Waals surface area contributed by atoms with Crippen LogP contribution in [0.5, 0.6) is 0 Å². The van der Waals surface area contributed by atoms with Crippen LogP contribution in [0.25, 0.3) is 0 Å². The largest absolute Gasteiger partial charge is 0.298 e. The van der Waals surface area contributed by atoms with E-state index in [9.17, 15) is 8.78 Å². The third-order valence-electron chi connectivity index (χ3n) is 5.15. The van der Waals surface area contributed by atoms with Gasteiger partial charge >= 0.3 is 0 Å². The number of halogens is 2. The predicted octanol–water partition coefficient (Wildman–Crippen LogP) is 3.59. The molecule has 0 radical (unpaired) electrons. The molecule has 0 aromatic heterocycles. The van der Waals surface area contributed by atoms with E-state index in [1.54, 1.807) is 6.07 Å². The molecule has 3 rings (SSSR count). The van der Waals surface area contributed by atoms with Gasteiger partial charge in [-0.3, -0.25) is 9.80 Å². The normalized spacial score (nSPS) is 23.6. The predicted molar refractivity (Wildman–Crippen MR) is 80.2 cm³/mol. The first kappa shape index (κ1) is 14.9. The van der Waals surface area contributed by atoms with Crippen LogP contribution in [0.15, 0.2) is 18.2 Å². The van der Waals surface area contributed by atoms with Gasteiger partial charge in [0.1, 0.15) is 11.6 Å². The third kappa shape index (κ3) is 3.27. The van der Waals surface area contributed by atoms with E-state index < -0.39 is 11.6 Å². The highest BCUT2D eigenvalue weighted by atomic mass is 19.1. The summed E-state index contributed by atoms with van der Waals surface area (Å²) >= 11 is 0. The van der Waals surface area contributed by atoms with E-state index in [4.69, 9.17) is 0 Å². The molecule has 116 valence electrons. The Hall–Kier alpha value is -1.00. The van der Waals surface area contributed by atoms with E-state index in [2.05, 4.69) is 9.80 Å². The zero-order chi connectivity index (χ0) is 14.8. The van der Waals surface area contributed by atoms with E-state index in [0.717, 1.165) is 38.3 Å². The summed E-state index contributed by atoms with van der Waals surface area (Å²) in [5.41, 5.74) is 0.603. The average molecular weight is 294 g/mol. The van der Waals surface area contributed by atoms with Crippen molar-refractivity contribution >= 4 is 0 Å². The standard InChI is InChI=1S/C17H24F2N2/c1-13(16-7-6-14(18)12-17(16)19)20-8-10-21(11-9-20)15-4-2-3-5-15/h6-7,12-13,15H,2-5,8-11H2,1H3. The van der Waals surface area contributed by atoms with Crippen molar-refractivity contribution in [3.8, 4) is 0 Å². The lowest BCUT2D eigenvalue weighted by atomic mass is 10.0. The van der Waals surface area contributed by atoms with Gasteiger partial charge < -0.3 is 0 Å². The Bertz CT molecular complexity index is 478. The summed E-state index contributed by atoms with van der Waals surface area (Å²) in [6.45, 7) is 6.08. The van der Waals surface area contributed by atoms with Crippen molar-refractivity contribution in [2.45, 2.75) is 44.7 Å². The second kappa shape index (κ2) is 6.41. The lowest BCUT2D eigenvalue weighted by molar-refractivity contribution is 0.0740. The molecule has 1 unspecified atom stereocenters. The maximum atomic E-state index is 13.9. The van der Waals surface area contributed by atoms with E-state index in [1.165, 1.54) is 31.7 Å². The molecule has 1 saturated heterocycles. The van der Waals surface area contributed by atoms with Crippen molar-refractivity contribution in [3.63, 3.8) is 0 Å². The summed E-state index contributed by atoms with van der Waals surface area (Å²) in [5, 5.41) is 0. The fourth-order valence-corrected chi connectivity index (χ4v) is 3.80. The maximum absolute atomic E-state index is 13.9. The summed E-state index contributed by atoms with van der Waals surface area (Å²) in [6, 6.07) is 4.70. The van der Waals surface area contributed by atoms with Gasteiger partial charge in [-0.2, -0.15) is 0 Å². The molecule has 2 aliphatic rings. The second-order valence-corrected chi connectivity index (χ2v) is 6.35. The van der Waals surface area contributed by atoms with Gasteiger partial charge in [-0.25, -0.2) is 8.78 Å². The molecular formula is C17H24F2N2. The SMILES string of the molecule is CC(c1ccc(F)cc1F)N1CCN(C2CCCC2)CC1. The van der Waals surface area contributed by atoms with Gasteiger partial charge in [-0.1, -0.05) is 18.9 Å². The van der Waals surface area contributed by atoms with Crippen molar-refractivity contribution in [1.82, 2.24) is 9.80 Å². The smallest absolute Gasteiger partial charge is 0.130 e. The summed E-state index contributed by atoms with van der Waals surface area (Å²) in [5.74, 6) is -0.935. The Kier molecular flexibility index (Phi) is 4.55. The van der Waals surface area contributed by atoms with E-state index in [-0.39, 0.29) is 6.04 Å². The van der Waals surface area contributed by atoms with Crippen molar-refractivity contribution in [2.24, 2.45) is 0 Å². The van der Waals surface area contributed by atoms with E-state index in [0.29, 0.717) is 5.56 Å². The van der Waals surface area contributed by atoms with Crippen LogP contribution in [0.4, 0.5) is 8.78 Å². The Morgan fingerprint density at radius 3 is 2.33 bits per heavy atom. The highest BCUT2D eigenvalue weighted by molar-refractivity contribution is 5.22. The monoisotopic (exact) mass is 294 g/mol. The zero-order valence-electron chi connectivity index (χ0n) is 12.7. The first-order chi connectivity index (χ1) is 10.1. The van der Waals surface area contributed by atoms with Crippen LogP contribution in [0.1, 0.15) is 44.2 Å². The molecule has 2 nitrogen and oxygen atoms in total. The molecule has 21 heavy (non-hydrogen) atoms. The molecule has 1 aromatic carbocycles. The highest BCUT2D eigenvalue weighted by Gasteiger charge is 2.28. The van der Waals surface area contributed by atoms with Crippen LogP contribution in [-0.4, -0.2) is 42.0 Å². The lowest BCUT2D eigenvalue weighted by Crippen LogP contribution is -2.50. The Labute approximate surface area is 125 Å². The van der Waals surface area contributed by atoms with E-state index in [1.807, 2.05) is 6.92 Å². The summed E-state index contributed by atoms with van der Waals surface area (Å²) in [4.78, 5) is 4.90. The molecule has 1 saturated carbocycles. The van der Waals surface area contributed by atoms with Crippen molar-refractivity contribution in [2.75, 3.05) is 26.2 Å². The quantitative estimate of drug-likeness (QED) is 0.840. The van der Waals surface area contributed by atoms with E-state index >= 15 is 0 Å². The first-order valence-electron chi connectivity index (χ1n) is 8.08. The minimum atomic E-state index is -0.505. The first-order valence-corrected chi connectivity index (χ1v) is 8.08. The van der Waals surface area contributed by atoms with Crippen molar-refractivity contribution in [3.05, 3.63) is 35.4 Å². The van der Waals surface area contributed by atoms with Crippen molar-refractivity contribution in [1.29, 1.82) is 0 Å². The Balaban J connectivity index is 1.60. The lowest BCUT2D eigenvalue weighted by Gasteiger charge is -2.40. The molecule has 1 aliphatic heterocycles. The fraction of sp³-hybridized carbons (Fsp3) is 0.647. The number of nitrogens with zero attached hydrogens (tertiary/aromatic N) is 2. The molecule has 4 heteroatoms. The van der Waals surface area contributed by atoms with Gasteiger partial charge in [-0.05, 0) is 25.8 Å². The molecule has 0 N–H and O–H groups in total. The van der Waals surface area contributed by atoms with Gasteiger partial charge in [0.15, 0.2) is 0 Å². The molecular weight excluding hydrogens is 270 g/mol. The number of hydrogen-bond donors (Lipinski definition) is 0. The van der Waals surface area contributed by atoms with Gasteiger partial charge in [0.2, 0.25) is 0 Å². The minimum Gasteiger partial charge on any atom is -0.298 e. The van der Waals surface area contributed by atoms with Crippen molar-refractivity contribution < 1.29 is 8.78 Å². The van der Waals surface area contributed by atoms with Gasteiger partial charge in [0.25, 0.3) is 0 Å². The second-order valence-electron chi connectivity index (χ2n) is 6.35. The Morgan fingerprint density at radius 1 is 1.05 bits per heavy atom. The van der Waals surface area contributed by atoms with Crippen LogP contribution >= 0.6 is 0 Å². The fourth-order valence-electron chi connectivity index (χ4n) is 3.80.